The summed E-state index contributed by atoms with van der Waals surface area (Å²) < 4.78 is 5.39. The molecule has 2 rings (SSSR count). The SMILES string of the molecule is CC(C)(C)OC(=O)CCC[C@@H]1CC[C@@H]2CCCCC[C@]12CO. The van der Waals surface area contributed by atoms with Gasteiger partial charge in [0.2, 0.25) is 0 Å². The molecule has 2 saturated carbocycles. The molecule has 0 amide bonds. The first kappa shape index (κ1) is 17.8. The molecule has 0 spiro atoms. The highest BCUT2D eigenvalue weighted by Crippen LogP contribution is 2.55. The van der Waals surface area contributed by atoms with Gasteiger partial charge in [0, 0.05) is 13.0 Å². The van der Waals surface area contributed by atoms with Crippen molar-refractivity contribution in [2.75, 3.05) is 6.61 Å². The third kappa shape index (κ3) is 4.24. The number of carbonyl (C=O) groups is 1. The third-order valence-electron chi connectivity index (χ3n) is 5.83. The van der Waals surface area contributed by atoms with Crippen LogP contribution in [0.25, 0.3) is 0 Å². The Morgan fingerprint density at radius 1 is 1.18 bits per heavy atom. The Balaban J connectivity index is 1.85. The molecule has 3 heteroatoms. The summed E-state index contributed by atoms with van der Waals surface area (Å²) in [6, 6.07) is 0. The summed E-state index contributed by atoms with van der Waals surface area (Å²) in [6.45, 7) is 6.09. The lowest BCUT2D eigenvalue weighted by Crippen LogP contribution is -2.35. The van der Waals surface area contributed by atoms with Crippen LogP contribution in [0.1, 0.15) is 85.0 Å². The molecular weight excluding hydrogens is 276 g/mol. The maximum absolute atomic E-state index is 11.8. The molecule has 2 aliphatic rings. The summed E-state index contributed by atoms with van der Waals surface area (Å²) in [5.74, 6) is 1.23. The standard InChI is InChI=1S/C19H34O3/c1-18(2,3)22-17(21)10-7-9-16-12-11-15-8-5-4-6-13-19(15,16)14-20/h15-16,20H,4-14H2,1-3H3/t15-,16+,19+/m0/s1. The van der Waals surface area contributed by atoms with Crippen LogP contribution in [0.4, 0.5) is 0 Å². The number of fused-ring (bicyclic) bond motifs is 1. The topological polar surface area (TPSA) is 46.5 Å². The summed E-state index contributed by atoms with van der Waals surface area (Å²) in [5, 5.41) is 10.1. The monoisotopic (exact) mass is 310 g/mol. The molecule has 0 heterocycles. The van der Waals surface area contributed by atoms with E-state index in [0.717, 1.165) is 12.8 Å². The van der Waals surface area contributed by atoms with Gasteiger partial charge in [-0.15, -0.1) is 0 Å². The number of hydrogen-bond donors (Lipinski definition) is 1. The van der Waals surface area contributed by atoms with E-state index < -0.39 is 0 Å². The molecule has 2 fully saturated rings. The molecule has 3 nitrogen and oxygen atoms in total. The Hall–Kier alpha value is -0.570. The van der Waals surface area contributed by atoms with Gasteiger partial charge in [-0.25, -0.2) is 0 Å². The Morgan fingerprint density at radius 3 is 2.64 bits per heavy atom. The molecule has 0 bridgehead atoms. The number of aliphatic hydroxyl groups excluding tert-OH is 1. The average Bonchev–Trinajstić information content (AvgIpc) is 2.63. The number of carbonyl (C=O) groups excluding carboxylic acids is 1. The Labute approximate surface area is 135 Å². The summed E-state index contributed by atoms with van der Waals surface area (Å²) in [4.78, 5) is 11.8. The van der Waals surface area contributed by atoms with Crippen LogP contribution in [0, 0.1) is 17.3 Å². The van der Waals surface area contributed by atoms with Crippen molar-refractivity contribution < 1.29 is 14.6 Å². The molecule has 0 aromatic rings. The van der Waals surface area contributed by atoms with E-state index in [-0.39, 0.29) is 17.0 Å². The number of ether oxygens (including phenoxy) is 1. The fourth-order valence-electron chi connectivity index (χ4n) is 4.83. The molecule has 22 heavy (non-hydrogen) atoms. The van der Waals surface area contributed by atoms with E-state index in [1.165, 1.54) is 44.9 Å². The van der Waals surface area contributed by atoms with Gasteiger partial charge in [0.05, 0.1) is 0 Å². The van der Waals surface area contributed by atoms with Crippen molar-refractivity contribution in [3.8, 4) is 0 Å². The Bertz CT molecular complexity index is 371. The maximum Gasteiger partial charge on any atom is 0.306 e. The number of esters is 1. The largest absolute Gasteiger partial charge is 0.460 e. The van der Waals surface area contributed by atoms with Gasteiger partial charge in [-0.2, -0.15) is 0 Å². The summed E-state index contributed by atoms with van der Waals surface area (Å²) in [6.07, 6.45) is 11.4. The summed E-state index contributed by atoms with van der Waals surface area (Å²) >= 11 is 0. The highest BCUT2D eigenvalue weighted by Gasteiger charge is 2.48. The molecule has 0 aliphatic heterocycles. The fourth-order valence-corrected chi connectivity index (χ4v) is 4.83. The van der Waals surface area contributed by atoms with Gasteiger partial charge in [-0.1, -0.05) is 19.3 Å². The second kappa shape index (κ2) is 7.33. The Morgan fingerprint density at radius 2 is 1.95 bits per heavy atom. The van der Waals surface area contributed by atoms with E-state index in [2.05, 4.69) is 0 Å². The number of hydrogen-bond acceptors (Lipinski definition) is 3. The number of aliphatic hydroxyl groups is 1. The van der Waals surface area contributed by atoms with Crippen molar-refractivity contribution in [2.45, 2.75) is 90.6 Å². The highest BCUT2D eigenvalue weighted by molar-refractivity contribution is 5.69. The van der Waals surface area contributed by atoms with E-state index in [0.29, 0.717) is 24.9 Å². The quantitative estimate of drug-likeness (QED) is 0.762. The lowest BCUT2D eigenvalue weighted by molar-refractivity contribution is -0.155. The van der Waals surface area contributed by atoms with Gasteiger partial charge in [0.15, 0.2) is 0 Å². The second-order valence-corrected chi connectivity index (χ2v) is 8.44. The van der Waals surface area contributed by atoms with E-state index in [1.54, 1.807) is 0 Å². The van der Waals surface area contributed by atoms with E-state index in [9.17, 15) is 9.90 Å². The van der Waals surface area contributed by atoms with Crippen LogP contribution in [0.3, 0.4) is 0 Å². The van der Waals surface area contributed by atoms with Crippen molar-refractivity contribution in [1.29, 1.82) is 0 Å². The van der Waals surface area contributed by atoms with E-state index in [4.69, 9.17) is 4.74 Å². The van der Waals surface area contributed by atoms with Crippen molar-refractivity contribution in [1.82, 2.24) is 0 Å². The molecule has 0 aromatic carbocycles. The molecule has 128 valence electrons. The molecule has 3 atom stereocenters. The van der Waals surface area contributed by atoms with Crippen molar-refractivity contribution in [2.24, 2.45) is 17.3 Å². The fraction of sp³-hybridized carbons (Fsp3) is 0.947. The molecule has 2 aliphatic carbocycles. The van der Waals surface area contributed by atoms with E-state index >= 15 is 0 Å². The van der Waals surface area contributed by atoms with Gasteiger partial charge >= 0.3 is 5.97 Å². The predicted octanol–water partition coefficient (Wildman–Crippen LogP) is 4.47. The van der Waals surface area contributed by atoms with Crippen LogP contribution in [-0.2, 0) is 9.53 Å². The third-order valence-corrected chi connectivity index (χ3v) is 5.83. The molecular formula is C19H34O3. The zero-order valence-electron chi connectivity index (χ0n) is 14.7. The lowest BCUT2D eigenvalue weighted by atomic mass is 9.68. The zero-order valence-corrected chi connectivity index (χ0v) is 14.7. The van der Waals surface area contributed by atoms with Gasteiger partial charge in [-0.05, 0) is 76.5 Å². The van der Waals surface area contributed by atoms with Gasteiger partial charge in [0.25, 0.3) is 0 Å². The zero-order chi connectivity index (χ0) is 16.2. The number of rotatable bonds is 5. The van der Waals surface area contributed by atoms with Crippen LogP contribution in [-0.4, -0.2) is 23.3 Å². The maximum atomic E-state index is 11.8. The molecule has 0 aromatic heterocycles. The Kier molecular flexibility index (Phi) is 5.93. The van der Waals surface area contributed by atoms with Crippen LogP contribution in [0.2, 0.25) is 0 Å². The highest BCUT2D eigenvalue weighted by atomic mass is 16.6. The molecule has 0 saturated heterocycles. The second-order valence-electron chi connectivity index (χ2n) is 8.44. The smallest absolute Gasteiger partial charge is 0.306 e. The van der Waals surface area contributed by atoms with Gasteiger partial charge in [-0.3, -0.25) is 4.79 Å². The van der Waals surface area contributed by atoms with Crippen LogP contribution < -0.4 is 0 Å². The van der Waals surface area contributed by atoms with Crippen molar-refractivity contribution in [3.05, 3.63) is 0 Å². The molecule has 1 N–H and O–H groups in total. The first-order chi connectivity index (χ1) is 10.4. The predicted molar refractivity (Wildman–Crippen MR) is 88.5 cm³/mol. The minimum atomic E-state index is -0.386. The van der Waals surface area contributed by atoms with Crippen LogP contribution in [0.15, 0.2) is 0 Å². The minimum Gasteiger partial charge on any atom is -0.460 e. The minimum absolute atomic E-state index is 0.0824. The van der Waals surface area contributed by atoms with Gasteiger partial charge < -0.3 is 9.84 Å². The van der Waals surface area contributed by atoms with Gasteiger partial charge in [0.1, 0.15) is 5.60 Å². The van der Waals surface area contributed by atoms with E-state index in [1.807, 2.05) is 20.8 Å². The van der Waals surface area contributed by atoms with Crippen LogP contribution in [0.5, 0.6) is 0 Å². The van der Waals surface area contributed by atoms with Crippen molar-refractivity contribution >= 4 is 5.97 Å². The normalized spacial score (nSPS) is 32.4. The van der Waals surface area contributed by atoms with Crippen LogP contribution >= 0.6 is 0 Å². The lowest BCUT2D eigenvalue weighted by Gasteiger charge is -2.38. The first-order valence-corrected chi connectivity index (χ1v) is 9.20. The molecule has 0 radical (unpaired) electrons. The van der Waals surface area contributed by atoms with Crippen molar-refractivity contribution in [3.63, 3.8) is 0 Å². The summed E-state index contributed by atoms with van der Waals surface area (Å²) in [7, 11) is 0. The summed E-state index contributed by atoms with van der Waals surface area (Å²) in [5.41, 5.74) is -0.229. The average molecular weight is 310 g/mol. The first-order valence-electron chi connectivity index (χ1n) is 9.20. The molecule has 0 unspecified atom stereocenters.